The molecule has 5 heteroatoms. The SMILES string of the molecule is CCOC(=O)C(N)C(=O)Cc1ccc(O)cc1. The maximum absolute atomic E-state index is 11.6. The van der Waals surface area contributed by atoms with Crippen LogP contribution in [0.5, 0.6) is 5.75 Å². The van der Waals surface area contributed by atoms with E-state index in [4.69, 9.17) is 10.8 Å². The van der Waals surface area contributed by atoms with Crippen LogP contribution in [0, 0.1) is 0 Å². The zero-order chi connectivity index (χ0) is 12.8. The first-order chi connectivity index (χ1) is 8.04. The van der Waals surface area contributed by atoms with Gasteiger partial charge in [-0.2, -0.15) is 0 Å². The van der Waals surface area contributed by atoms with Gasteiger partial charge < -0.3 is 15.6 Å². The van der Waals surface area contributed by atoms with Crippen LogP contribution in [0.15, 0.2) is 24.3 Å². The van der Waals surface area contributed by atoms with Crippen molar-refractivity contribution in [2.45, 2.75) is 19.4 Å². The summed E-state index contributed by atoms with van der Waals surface area (Å²) in [7, 11) is 0. The Hall–Kier alpha value is -1.88. The van der Waals surface area contributed by atoms with Crippen LogP contribution < -0.4 is 5.73 Å². The molecular formula is C12H15NO4. The van der Waals surface area contributed by atoms with Crippen molar-refractivity contribution in [3.63, 3.8) is 0 Å². The van der Waals surface area contributed by atoms with Crippen molar-refractivity contribution in [2.24, 2.45) is 5.73 Å². The molecule has 0 bridgehead atoms. The lowest BCUT2D eigenvalue weighted by molar-refractivity contribution is -0.147. The smallest absolute Gasteiger partial charge is 0.330 e. The molecule has 1 atom stereocenters. The van der Waals surface area contributed by atoms with Gasteiger partial charge in [0.25, 0.3) is 0 Å². The highest BCUT2D eigenvalue weighted by Crippen LogP contribution is 2.10. The number of nitrogens with two attached hydrogens (primary N) is 1. The fourth-order valence-electron chi connectivity index (χ4n) is 1.29. The Labute approximate surface area is 99.2 Å². The summed E-state index contributed by atoms with van der Waals surface area (Å²) in [6, 6.07) is 4.90. The summed E-state index contributed by atoms with van der Waals surface area (Å²) in [4.78, 5) is 22.8. The molecule has 1 aromatic rings. The summed E-state index contributed by atoms with van der Waals surface area (Å²) in [5.74, 6) is -0.999. The number of hydrogen-bond acceptors (Lipinski definition) is 5. The topological polar surface area (TPSA) is 89.6 Å². The molecule has 1 unspecified atom stereocenters. The molecule has 0 aliphatic heterocycles. The van der Waals surface area contributed by atoms with Crippen LogP contribution in [0.2, 0.25) is 0 Å². The molecule has 0 aromatic heterocycles. The number of benzene rings is 1. The summed E-state index contributed by atoms with van der Waals surface area (Å²) in [6.07, 6.45) is 0.0419. The Morgan fingerprint density at radius 2 is 1.94 bits per heavy atom. The van der Waals surface area contributed by atoms with Crippen molar-refractivity contribution in [1.29, 1.82) is 0 Å². The monoisotopic (exact) mass is 237 g/mol. The molecule has 3 N–H and O–H groups in total. The van der Waals surface area contributed by atoms with E-state index < -0.39 is 17.8 Å². The third-order valence-electron chi connectivity index (χ3n) is 2.20. The van der Waals surface area contributed by atoms with Gasteiger partial charge in [0, 0.05) is 6.42 Å². The first-order valence-corrected chi connectivity index (χ1v) is 5.27. The normalized spacial score (nSPS) is 11.9. The zero-order valence-electron chi connectivity index (χ0n) is 9.55. The molecule has 17 heavy (non-hydrogen) atoms. The third kappa shape index (κ3) is 3.88. The van der Waals surface area contributed by atoms with Crippen LogP contribution in [0.25, 0.3) is 0 Å². The van der Waals surface area contributed by atoms with Gasteiger partial charge in [-0.05, 0) is 24.6 Å². The lowest BCUT2D eigenvalue weighted by atomic mass is 10.0. The third-order valence-corrected chi connectivity index (χ3v) is 2.20. The molecule has 0 aliphatic rings. The molecule has 0 heterocycles. The highest BCUT2D eigenvalue weighted by atomic mass is 16.5. The Morgan fingerprint density at radius 3 is 2.47 bits per heavy atom. The Balaban J connectivity index is 2.59. The molecule has 0 saturated carbocycles. The van der Waals surface area contributed by atoms with Crippen molar-refractivity contribution >= 4 is 11.8 Å². The maximum Gasteiger partial charge on any atom is 0.330 e. The molecule has 5 nitrogen and oxygen atoms in total. The first-order valence-electron chi connectivity index (χ1n) is 5.27. The quantitative estimate of drug-likeness (QED) is 0.571. The minimum atomic E-state index is -1.25. The minimum Gasteiger partial charge on any atom is -0.508 e. The molecule has 0 fully saturated rings. The second kappa shape index (κ2) is 6.00. The fraction of sp³-hybridized carbons (Fsp3) is 0.333. The van der Waals surface area contributed by atoms with Crippen molar-refractivity contribution < 1.29 is 19.4 Å². The number of hydrogen-bond donors (Lipinski definition) is 2. The number of ketones is 1. The molecule has 1 rings (SSSR count). The average molecular weight is 237 g/mol. The number of carbonyl (C=O) groups excluding carboxylic acids is 2. The highest BCUT2D eigenvalue weighted by molar-refractivity contribution is 6.03. The lowest BCUT2D eigenvalue weighted by Gasteiger charge is -2.09. The van der Waals surface area contributed by atoms with E-state index in [0.717, 1.165) is 0 Å². The fourth-order valence-corrected chi connectivity index (χ4v) is 1.29. The van der Waals surface area contributed by atoms with Crippen LogP contribution in [0.1, 0.15) is 12.5 Å². The van der Waals surface area contributed by atoms with Crippen LogP contribution in [0.4, 0.5) is 0 Å². The van der Waals surface area contributed by atoms with Gasteiger partial charge in [-0.3, -0.25) is 4.79 Å². The molecule has 1 aromatic carbocycles. The van der Waals surface area contributed by atoms with E-state index >= 15 is 0 Å². The minimum absolute atomic E-state index is 0.0419. The number of carbonyl (C=O) groups is 2. The van der Waals surface area contributed by atoms with Gasteiger partial charge in [0.2, 0.25) is 0 Å². The van der Waals surface area contributed by atoms with Gasteiger partial charge in [-0.1, -0.05) is 12.1 Å². The average Bonchev–Trinajstić information content (AvgIpc) is 2.31. The van der Waals surface area contributed by atoms with Crippen molar-refractivity contribution in [2.75, 3.05) is 6.61 Å². The molecule has 0 radical (unpaired) electrons. The summed E-state index contributed by atoms with van der Waals surface area (Å²) in [5.41, 5.74) is 6.14. The highest BCUT2D eigenvalue weighted by Gasteiger charge is 2.23. The predicted molar refractivity (Wildman–Crippen MR) is 61.4 cm³/mol. The first kappa shape index (κ1) is 13.2. The van der Waals surface area contributed by atoms with E-state index in [-0.39, 0.29) is 18.8 Å². The van der Waals surface area contributed by atoms with Crippen molar-refractivity contribution in [1.82, 2.24) is 0 Å². The maximum atomic E-state index is 11.6. The van der Waals surface area contributed by atoms with Crippen molar-refractivity contribution in [3.8, 4) is 5.75 Å². The summed E-state index contributed by atoms with van der Waals surface area (Å²) < 4.78 is 4.66. The molecule has 0 aliphatic carbocycles. The van der Waals surface area contributed by atoms with Gasteiger partial charge in [0.05, 0.1) is 6.61 Å². The van der Waals surface area contributed by atoms with Crippen molar-refractivity contribution in [3.05, 3.63) is 29.8 Å². The van der Waals surface area contributed by atoms with E-state index in [1.165, 1.54) is 12.1 Å². The molecule has 0 saturated heterocycles. The number of Topliss-reactive ketones (excluding diaryl/α,β-unsaturated/α-hetero) is 1. The van der Waals surface area contributed by atoms with Gasteiger partial charge in [-0.25, -0.2) is 4.79 Å². The molecule has 92 valence electrons. The molecule has 0 spiro atoms. The number of esters is 1. The van der Waals surface area contributed by atoms with Crippen LogP contribution in [-0.4, -0.2) is 29.5 Å². The Kier molecular flexibility index (Phi) is 4.66. The second-order valence-corrected chi connectivity index (χ2v) is 3.54. The number of aromatic hydroxyl groups is 1. The number of phenolic OH excluding ortho intramolecular Hbond substituents is 1. The van der Waals surface area contributed by atoms with E-state index in [2.05, 4.69) is 4.74 Å². The predicted octanol–water partition coefficient (Wildman–Crippen LogP) is 0.394. The largest absolute Gasteiger partial charge is 0.508 e. The number of rotatable bonds is 5. The Morgan fingerprint density at radius 1 is 1.35 bits per heavy atom. The van der Waals surface area contributed by atoms with E-state index in [0.29, 0.717) is 5.56 Å². The molecule has 0 amide bonds. The summed E-state index contributed by atoms with van der Waals surface area (Å²) >= 11 is 0. The van der Waals surface area contributed by atoms with Gasteiger partial charge in [0.1, 0.15) is 5.75 Å². The zero-order valence-corrected chi connectivity index (χ0v) is 9.55. The van der Waals surface area contributed by atoms with Crippen LogP contribution >= 0.6 is 0 Å². The van der Waals surface area contributed by atoms with E-state index in [9.17, 15) is 9.59 Å². The van der Waals surface area contributed by atoms with Gasteiger partial charge in [-0.15, -0.1) is 0 Å². The van der Waals surface area contributed by atoms with Gasteiger partial charge in [0.15, 0.2) is 11.8 Å². The number of phenols is 1. The second-order valence-electron chi connectivity index (χ2n) is 3.54. The summed E-state index contributed by atoms with van der Waals surface area (Å²) in [6.45, 7) is 1.84. The van der Waals surface area contributed by atoms with E-state index in [1.807, 2.05) is 0 Å². The van der Waals surface area contributed by atoms with Crippen LogP contribution in [-0.2, 0) is 20.7 Å². The standard InChI is InChI=1S/C12H15NO4/c1-2-17-12(16)11(13)10(15)7-8-3-5-9(14)6-4-8/h3-6,11,14H,2,7,13H2,1H3. The molecular weight excluding hydrogens is 222 g/mol. The Bertz CT molecular complexity index is 399. The number of ether oxygens (including phenoxy) is 1. The lowest BCUT2D eigenvalue weighted by Crippen LogP contribution is -2.40. The van der Waals surface area contributed by atoms with E-state index in [1.54, 1.807) is 19.1 Å². The van der Waals surface area contributed by atoms with Crippen LogP contribution in [0.3, 0.4) is 0 Å². The summed E-state index contributed by atoms with van der Waals surface area (Å²) in [5, 5.41) is 9.07. The van der Waals surface area contributed by atoms with Gasteiger partial charge >= 0.3 is 5.97 Å².